The number of nitrogens with two attached hydrogens (primary N) is 1. The van der Waals surface area contributed by atoms with Crippen LogP contribution in [0.5, 0.6) is 0 Å². The molecule has 0 unspecified atom stereocenters. The minimum Gasteiger partial charge on any atom is -0.372 e. The molecule has 1 rings (SSSR count). The van der Waals surface area contributed by atoms with Crippen molar-refractivity contribution >= 4 is 11.7 Å². The van der Waals surface area contributed by atoms with Gasteiger partial charge in [0.05, 0.1) is 5.56 Å². The number of carbonyl (C=O) groups excluding carboxylic acids is 1. The number of aromatic nitrogens is 1. The fourth-order valence-corrected chi connectivity index (χ4v) is 0.956. The highest BCUT2D eigenvalue weighted by Gasteiger charge is 2.07. The summed E-state index contributed by atoms with van der Waals surface area (Å²) in [7, 11) is 1.70. The Kier molecular flexibility index (Phi) is 2.28. The number of rotatable bonds is 2. The minimum absolute atomic E-state index is 0.428. The molecule has 0 saturated heterocycles. The van der Waals surface area contributed by atoms with E-state index in [1.165, 1.54) is 0 Å². The fourth-order valence-electron chi connectivity index (χ4n) is 0.956. The van der Waals surface area contributed by atoms with Crippen LogP contribution in [-0.4, -0.2) is 17.9 Å². The molecule has 0 aliphatic heterocycles. The maximum atomic E-state index is 10.9. The van der Waals surface area contributed by atoms with Gasteiger partial charge in [0.15, 0.2) is 0 Å². The third kappa shape index (κ3) is 1.53. The van der Waals surface area contributed by atoms with Crippen molar-refractivity contribution in [3.05, 3.63) is 23.4 Å². The largest absolute Gasteiger partial charge is 0.372 e. The molecule has 0 radical (unpaired) electrons. The van der Waals surface area contributed by atoms with E-state index in [9.17, 15) is 4.79 Å². The van der Waals surface area contributed by atoms with Crippen molar-refractivity contribution in [2.24, 2.45) is 5.73 Å². The van der Waals surface area contributed by atoms with Gasteiger partial charge in [-0.25, -0.2) is 4.98 Å². The van der Waals surface area contributed by atoms with Crippen molar-refractivity contribution in [2.75, 3.05) is 12.4 Å². The van der Waals surface area contributed by atoms with Crippen LogP contribution in [0.1, 0.15) is 15.9 Å². The third-order valence-electron chi connectivity index (χ3n) is 1.53. The standard InChI is InChI=1S/C8H11N3O/c1-5-3-6(7(9)12)8(10-2)11-4-5/h3-4H,1-2H3,(H2,9,12)(H,10,11). The number of amides is 1. The molecule has 1 aromatic rings. The Balaban J connectivity index is 3.21. The van der Waals surface area contributed by atoms with E-state index in [1.54, 1.807) is 19.3 Å². The van der Waals surface area contributed by atoms with Crippen molar-refractivity contribution in [3.63, 3.8) is 0 Å². The maximum absolute atomic E-state index is 10.9. The van der Waals surface area contributed by atoms with Crippen LogP contribution in [0.3, 0.4) is 0 Å². The number of pyridine rings is 1. The Morgan fingerprint density at radius 3 is 2.83 bits per heavy atom. The molecule has 1 amide bonds. The van der Waals surface area contributed by atoms with E-state index in [2.05, 4.69) is 10.3 Å². The van der Waals surface area contributed by atoms with Gasteiger partial charge in [-0.2, -0.15) is 0 Å². The average Bonchev–Trinajstić information content (AvgIpc) is 2.04. The van der Waals surface area contributed by atoms with Crippen molar-refractivity contribution in [1.82, 2.24) is 4.98 Å². The molecule has 0 bridgehead atoms. The summed E-state index contributed by atoms with van der Waals surface area (Å²) in [6.07, 6.45) is 1.68. The van der Waals surface area contributed by atoms with Gasteiger partial charge in [0.25, 0.3) is 5.91 Å². The first kappa shape index (κ1) is 8.52. The average molecular weight is 165 g/mol. The van der Waals surface area contributed by atoms with Gasteiger partial charge in [-0.1, -0.05) is 0 Å². The first-order valence-corrected chi connectivity index (χ1v) is 3.59. The van der Waals surface area contributed by atoms with Gasteiger partial charge in [-0.3, -0.25) is 4.79 Å². The maximum Gasteiger partial charge on any atom is 0.252 e. The Morgan fingerprint density at radius 2 is 2.33 bits per heavy atom. The quantitative estimate of drug-likeness (QED) is 0.671. The molecule has 0 aromatic carbocycles. The molecule has 1 heterocycles. The topological polar surface area (TPSA) is 68.0 Å². The van der Waals surface area contributed by atoms with Crippen molar-refractivity contribution in [3.8, 4) is 0 Å². The van der Waals surface area contributed by atoms with E-state index in [-0.39, 0.29) is 0 Å². The molecule has 12 heavy (non-hydrogen) atoms. The molecular formula is C8H11N3O. The van der Waals surface area contributed by atoms with Crippen LogP contribution < -0.4 is 11.1 Å². The third-order valence-corrected chi connectivity index (χ3v) is 1.53. The number of carbonyl (C=O) groups is 1. The Bertz CT molecular complexity index is 309. The number of nitrogens with zero attached hydrogens (tertiary/aromatic N) is 1. The van der Waals surface area contributed by atoms with Crippen molar-refractivity contribution in [1.29, 1.82) is 0 Å². The number of primary amides is 1. The highest BCUT2D eigenvalue weighted by atomic mass is 16.1. The number of nitrogens with one attached hydrogen (secondary N) is 1. The predicted octanol–water partition coefficient (Wildman–Crippen LogP) is 0.531. The first-order chi connectivity index (χ1) is 5.65. The van der Waals surface area contributed by atoms with E-state index in [4.69, 9.17) is 5.73 Å². The number of hydrogen-bond acceptors (Lipinski definition) is 3. The van der Waals surface area contributed by atoms with Crippen LogP contribution in [0.25, 0.3) is 0 Å². The summed E-state index contributed by atoms with van der Waals surface area (Å²) in [5.74, 6) is 0.0589. The molecule has 0 aliphatic carbocycles. The summed E-state index contributed by atoms with van der Waals surface area (Å²) in [4.78, 5) is 14.9. The molecule has 4 heteroatoms. The molecule has 0 saturated carbocycles. The predicted molar refractivity (Wildman–Crippen MR) is 47.0 cm³/mol. The van der Waals surface area contributed by atoms with Gasteiger partial charge in [0.1, 0.15) is 5.82 Å². The zero-order chi connectivity index (χ0) is 9.14. The number of aryl methyl sites for hydroxylation is 1. The molecule has 4 nitrogen and oxygen atoms in total. The van der Waals surface area contributed by atoms with Crippen molar-refractivity contribution in [2.45, 2.75) is 6.92 Å². The molecule has 0 aliphatic rings. The van der Waals surface area contributed by atoms with Crippen LogP contribution in [0, 0.1) is 6.92 Å². The second-order valence-corrected chi connectivity index (χ2v) is 2.52. The summed E-state index contributed by atoms with van der Waals surface area (Å²) in [5, 5.41) is 2.79. The Hall–Kier alpha value is -1.58. The van der Waals surface area contributed by atoms with E-state index < -0.39 is 5.91 Å². The lowest BCUT2D eigenvalue weighted by molar-refractivity contribution is 0.100. The summed E-state index contributed by atoms with van der Waals surface area (Å²) in [6, 6.07) is 1.71. The molecule has 0 fully saturated rings. The van der Waals surface area contributed by atoms with E-state index in [0.29, 0.717) is 11.4 Å². The zero-order valence-electron chi connectivity index (χ0n) is 7.09. The van der Waals surface area contributed by atoms with Crippen LogP contribution in [-0.2, 0) is 0 Å². The molecule has 3 N–H and O–H groups in total. The van der Waals surface area contributed by atoms with Crippen LogP contribution in [0.4, 0.5) is 5.82 Å². The van der Waals surface area contributed by atoms with Crippen LogP contribution >= 0.6 is 0 Å². The highest BCUT2D eigenvalue weighted by Crippen LogP contribution is 2.11. The second kappa shape index (κ2) is 3.21. The number of anilines is 1. The van der Waals surface area contributed by atoms with Gasteiger partial charge in [-0.05, 0) is 18.6 Å². The lowest BCUT2D eigenvalue weighted by Gasteiger charge is -2.04. The molecular weight excluding hydrogens is 154 g/mol. The lowest BCUT2D eigenvalue weighted by atomic mass is 10.2. The lowest BCUT2D eigenvalue weighted by Crippen LogP contribution is -2.14. The van der Waals surface area contributed by atoms with Crippen LogP contribution in [0.2, 0.25) is 0 Å². The SMILES string of the molecule is CNc1ncc(C)cc1C(N)=O. The van der Waals surface area contributed by atoms with Gasteiger partial charge in [-0.15, -0.1) is 0 Å². The number of hydrogen-bond donors (Lipinski definition) is 2. The van der Waals surface area contributed by atoms with E-state index in [1.807, 2.05) is 6.92 Å². The van der Waals surface area contributed by atoms with E-state index in [0.717, 1.165) is 5.56 Å². The smallest absolute Gasteiger partial charge is 0.252 e. The van der Waals surface area contributed by atoms with Gasteiger partial charge in [0, 0.05) is 13.2 Å². The monoisotopic (exact) mass is 165 g/mol. The van der Waals surface area contributed by atoms with Gasteiger partial charge in [0.2, 0.25) is 0 Å². The molecule has 64 valence electrons. The zero-order valence-corrected chi connectivity index (χ0v) is 7.09. The molecule has 0 spiro atoms. The molecule has 1 aromatic heterocycles. The Labute approximate surface area is 70.8 Å². The van der Waals surface area contributed by atoms with Gasteiger partial charge < -0.3 is 11.1 Å². The highest BCUT2D eigenvalue weighted by molar-refractivity contribution is 5.97. The second-order valence-electron chi connectivity index (χ2n) is 2.52. The van der Waals surface area contributed by atoms with E-state index >= 15 is 0 Å². The van der Waals surface area contributed by atoms with Crippen LogP contribution in [0.15, 0.2) is 12.3 Å². The fraction of sp³-hybridized carbons (Fsp3) is 0.250. The summed E-state index contributed by atoms with van der Waals surface area (Å²) < 4.78 is 0. The molecule has 0 atom stereocenters. The summed E-state index contributed by atoms with van der Waals surface area (Å²) in [6.45, 7) is 1.86. The van der Waals surface area contributed by atoms with Crippen molar-refractivity contribution < 1.29 is 4.79 Å². The summed E-state index contributed by atoms with van der Waals surface area (Å²) in [5.41, 5.74) is 6.49. The first-order valence-electron chi connectivity index (χ1n) is 3.59. The normalized spacial score (nSPS) is 9.50. The summed E-state index contributed by atoms with van der Waals surface area (Å²) >= 11 is 0. The minimum atomic E-state index is -0.462. The Morgan fingerprint density at radius 1 is 1.67 bits per heavy atom. The van der Waals surface area contributed by atoms with Gasteiger partial charge >= 0.3 is 0 Å².